The van der Waals surface area contributed by atoms with Gasteiger partial charge in [0.1, 0.15) is 0 Å². The Bertz CT molecular complexity index is 1050. The van der Waals surface area contributed by atoms with Gasteiger partial charge in [0, 0.05) is 15.5 Å². The van der Waals surface area contributed by atoms with E-state index in [2.05, 4.69) is 52.9 Å². The highest BCUT2D eigenvalue weighted by molar-refractivity contribution is 8.01. The number of rotatable bonds is 8. The van der Waals surface area contributed by atoms with Crippen LogP contribution in [0.3, 0.4) is 0 Å². The number of hydrogen-bond acceptors (Lipinski definition) is 8. The fourth-order valence-electron chi connectivity index (χ4n) is 2.45. The second kappa shape index (κ2) is 11.2. The molecule has 2 N–H and O–H groups in total. The van der Waals surface area contributed by atoms with Crippen molar-refractivity contribution >= 4 is 57.7 Å². The molecular weight excluding hydrogens is 452 g/mol. The Kier molecular flexibility index (Phi) is 8.33. The number of aryl methyl sites for hydroxylation is 2. The number of nitrogens with one attached hydrogen (secondary N) is 2. The molecule has 162 valence electrons. The fourth-order valence-corrected chi connectivity index (χ4v) is 4.99. The van der Waals surface area contributed by atoms with Gasteiger partial charge in [-0.2, -0.15) is 0 Å². The van der Waals surface area contributed by atoms with Crippen molar-refractivity contribution in [1.82, 2.24) is 10.2 Å². The molecule has 0 fully saturated rings. The Hall–Kier alpha value is -2.56. The third-order valence-corrected chi connectivity index (χ3v) is 7.07. The zero-order chi connectivity index (χ0) is 22.2. The summed E-state index contributed by atoms with van der Waals surface area (Å²) in [5, 5.41) is 13.5. The molecule has 3 rings (SSSR count). The number of amides is 2. The molecular formula is C21H22N4O3S3. The van der Waals surface area contributed by atoms with Crippen molar-refractivity contribution in [3.8, 4) is 0 Å². The topological polar surface area (TPSA) is 93.2 Å². The van der Waals surface area contributed by atoms with E-state index >= 15 is 0 Å². The molecule has 0 radical (unpaired) electrons. The maximum Gasteiger partial charge on any atom is 0.413 e. The minimum atomic E-state index is -0.577. The van der Waals surface area contributed by atoms with Gasteiger partial charge in [0.25, 0.3) is 0 Å². The van der Waals surface area contributed by atoms with Crippen molar-refractivity contribution in [2.45, 2.75) is 34.9 Å². The highest BCUT2D eigenvalue weighted by atomic mass is 32.2. The van der Waals surface area contributed by atoms with E-state index in [1.54, 1.807) is 18.7 Å². The van der Waals surface area contributed by atoms with Gasteiger partial charge in [0.05, 0.1) is 12.4 Å². The molecule has 1 heterocycles. The van der Waals surface area contributed by atoms with Gasteiger partial charge in [-0.15, -0.1) is 10.2 Å². The molecule has 0 bridgehead atoms. The van der Waals surface area contributed by atoms with Gasteiger partial charge >= 0.3 is 6.09 Å². The summed E-state index contributed by atoms with van der Waals surface area (Å²) in [4.78, 5) is 26.0. The molecule has 0 saturated carbocycles. The normalized spacial score (nSPS) is 10.5. The summed E-state index contributed by atoms with van der Waals surface area (Å²) < 4.78 is 5.37. The van der Waals surface area contributed by atoms with Gasteiger partial charge in [0.15, 0.2) is 4.34 Å². The molecule has 10 heteroatoms. The minimum Gasteiger partial charge on any atom is -0.450 e. The highest BCUT2D eigenvalue weighted by Gasteiger charge is 2.11. The largest absolute Gasteiger partial charge is 0.450 e. The third-order valence-electron chi connectivity index (χ3n) is 3.93. The summed E-state index contributed by atoms with van der Waals surface area (Å²) in [5.74, 6) is 0.0440. The zero-order valence-corrected chi connectivity index (χ0v) is 19.7. The van der Waals surface area contributed by atoms with Gasteiger partial charge < -0.3 is 10.1 Å². The summed E-state index contributed by atoms with van der Waals surface area (Å²) in [6, 6.07) is 14.2. The SMILES string of the molecule is CCOC(=O)Nc1nnc(SCC(=O)Nc2ccc(Sc3cc(C)ccc3C)cc2)s1. The second-order valence-corrected chi connectivity index (χ2v) is 9.77. The molecule has 0 aliphatic heterocycles. The van der Waals surface area contributed by atoms with Crippen LogP contribution in [-0.4, -0.2) is 34.6 Å². The van der Waals surface area contributed by atoms with Gasteiger partial charge in [-0.1, -0.05) is 47.0 Å². The lowest BCUT2D eigenvalue weighted by molar-refractivity contribution is -0.113. The number of thioether (sulfide) groups is 1. The maximum atomic E-state index is 12.2. The Morgan fingerprint density at radius 2 is 1.84 bits per heavy atom. The Labute approximate surface area is 193 Å². The molecule has 0 spiro atoms. The van der Waals surface area contributed by atoms with E-state index in [-0.39, 0.29) is 18.3 Å². The molecule has 31 heavy (non-hydrogen) atoms. The standard InChI is InChI=1S/C21H22N4O3S3/c1-4-28-20(27)23-19-24-25-21(31-19)29-12-18(26)22-15-7-9-16(10-8-15)30-17-11-13(2)5-6-14(17)3/h5-11H,4,12H2,1-3H3,(H,22,26)(H,23,24,27). The van der Waals surface area contributed by atoms with E-state index in [0.29, 0.717) is 9.47 Å². The fraction of sp³-hybridized carbons (Fsp3) is 0.238. The third kappa shape index (κ3) is 7.27. The molecule has 7 nitrogen and oxygen atoms in total. The number of carbonyl (C=O) groups is 2. The Morgan fingerprint density at radius 1 is 1.06 bits per heavy atom. The Balaban J connectivity index is 1.48. The van der Waals surface area contributed by atoms with Crippen LogP contribution >= 0.6 is 34.9 Å². The van der Waals surface area contributed by atoms with E-state index in [4.69, 9.17) is 4.74 Å². The summed E-state index contributed by atoms with van der Waals surface area (Å²) in [5.41, 5.74) is 3.20. The van der Waals surface area contributed by atoms with Crippen LogP contribution in [0.1, 0.15) is 18.1 Å². The van der Waals surface area contributed by atoms with Crippen molar-refractivity contribution < 1.29 is 14.3 Å². The molecule has 2 aromatic carbocycles. The van der Waals surface area contributed by atoms with Crippen LogP contribution in [0.2, 0.25) is 0 Å². The van der Waals surface area contributed by atoms with Crippen LogP contribution in [0, 0.1) is 13.8 Å². The predicted molar refractivity (Wildman–Crippen MR) is 126 cm³/mol. The van der Waals surface area contributed by atoms with Crippen molar-refractivity contribution in [3.05, 3.63) is 53.6 Å². The first-order valence-electron chi connectivity index (χ1n) is 9.48. The second-order valence-electron chi connectivity index (χ2n) is 6.45. The summed E-state index contributed by atoms with van der Waals surface area (Å²) in [7, 11) is 0. The molecule has 1 aromatic heterocycles. The molecule has 0 saturated heterocycles. The van der Waals surface area contributed by atoms with Crippen LogP contribution in [0.15, 0.2) is 56.6 Å². The van der Waals surface area contributed by atoms with E-state index in [9.17, 15) is 9.59 Å². The monoisotopic (exact) mass is 474 g/mol. The number of benzene rings is 2. The molecule has 0 atom stereocenters. The number of anilines is 2. The maximum absolute atomic E-state index is 12.2. The number of hydrogen-bond donors (Lipinski definition) is 2. The quantitative estimate of drug-likeness (QED) is 0.324. The van der Waals surface area contributed by atoms with Crippen molar-refractivity contribution in [2.24, 2.45) is 0 Å². The van der Waals surface area contributed by atoms with Crippen molar-refractivity contribution in [2.75, 3.05) is 23.0 Å². The summed E-state index contributed by atoms with van der Waals surface area (Å²) in [6.07, 6.45) is -0.577. The van der Waals surface area contributed by atoms with Crippen molar-refractivity contribution in [3.63, 3.8) is 0 Å². The minimum absolute atomic E-state index is 0.143. The van der Waals surface area contributed by atoms with Gasteiger partial charge in [-0.05, 0) is 62.2 Å². The van der Waals surface area contributed by atoms with Crippen LogP contribution in [0.4, 0.5) is 15.6 Å². The molecule has 3 aromatic rings. The summed E-state index contributed by atoms with van der Waals surface area (Å²) >= 11 is 4.14. The van der Waals surface area contributed by atoms with Crippen molar-refractivity contribution in [1.29, 1.82) is 0 Å². The van der Waals surface area contributed by atoms with Crippen LogP contribution in [0.25, 0.3) is 0 Å². The van der Waals surface area contributed by atoms with E-state index in [0.717, 1.165) is 10.6 Å². The first kappa shape index (κ1) is 23.1. The predicted octanol–water partition coefficient (Wildman–Crippen LogP) is 5.61. The highest BCUT2D eigenvalue weighted by Crippen LogP contribution is 2.32. The Morgan fingerprint density at radius 3 is 2.58 bits per heavy atom. The number of nitrogens with zero attached hydrogens (tertiary/aromatic N) is 2. The lowest BCUT2D eigenvalue weighted by Crippen LogP contribution is -2.13. The molecule has 0 unspecified atom stereocenters. The van der Waals surface area contributed by atoms with Gasteiger partial charge in [-0.3, -0.25) is 10.1 Å². The lowest BCUT2D eigenvalue weighted by Gasteiger charge is -2.08. The van der Waals surface area contributed by atoms with E-state index in [1.165, 1.54) is 39.1 Å². The zero-order valence-electron chi connectivity index (χ0n) is 17.3. The summed E-state index contributed by atoms with van der Waals surface area (Å²) in [6.45, 7) is 6.18. The average Bonchev–Trinajstić information content (AvgIpc) is 3.18. The first-order valence-corrected chi connectivity index (χ1v) is 12.1. The van der Waals surface area contributed by atoms with Gasteiger partial charge in [0.2, 0.25) is 11.0 Å². The lowest BCUT2D eigenvalue weighted by atomic mass is 10.2. The molecule has 0 aliphatic carbocycles. The number of carbonyl (C=O) groups excluding carboxylic acids is 2. The van der Waals surface area contributed by atoms with Crippen LogP contribution in [0.5, 0.6) is 0 Å². The van der Waals surface area contributed by atoms with Crippen LogP contribution < -0.4 is 10.6 Å². The molecule has 0 aliphatic rings. The smallest absolute Gasteiger partial charge is 0.413 e. The number of aromatic nitrogens is 2. The van der Waals surface area contributed by atoms with E-state index in [1.807, 2.05) is 24.3 Å². The first-order chi connectivity index (χ1) is 14.9. The van der Waals surface area contributed by atoms with Crippen LogP contribution in [-0.2, 0) is 9.53 Å². The van der Waals surface area contributed by atoms with Gasteiger partial charge in [-0.25, -0.2) is 4.79 Å². The number of ether oxygens (including phenoxy) is 1. The average molecular weight is 475 g/mol. The molecule has 2 amide bonds. The van der Waals surface area contributed by atoms with E-state index < -0.39 is 6.09 Å².